The molecule has 0 aliphatic carbocycles. The molecule has 0 aromatic carbocycles. The van der Waals surface area contributed by atoms with Gasteiger partial charge < -0.3 is 14.2 Å². The molecule has 77 heavy (non-hydrogen) atoms. The van der Waals surface area contributed by atoms with Gasteiger partial charge in [0.15, 0.2) is 6.10 Å². The second-order valence-electron chi connectivity index (χ2n) is 21.7. The van der Waals surface area contributed by atoms with Crippen LogP contribution in [-0.4, -0.2) is 37.2 Å². The minimum absolute atomic E-state index is 0.0934. The summed E-state index contributed by atoms with van der Waals surface area (Å²) in [6.07, 6.45) is 87.5. The third kappa shape index (κ3) is 63.0. The minimum Gasteiger partial charge on any atom is -0.462 e. The molecule has 0 rings (SSSR count). The van der Waals surface area contributed by atoms with Gasteiger partial charge in [-0.3, -0.25) is 14.4 Å². The summed E-state index contributed by atoms with van der Waals surface area (Å²) in [6, 6.07) is 0. The Balaban J connectivity index is 4.29. The zero-order chi connectivity index (χ0) is 55.7. The number of unbranched alkanes of at least 4 members (excludes halogenated alkanes) is 33. The highest BCUT2D eigenvalue weighted by atomic mass is 16.6. The van der Waals surface area contributed by atoms with E-state index in [4.69, 9.17) is 14.2 Å². The van der Waals surface area contributed by atoms with E-state index >= 15 is 0 Å². The number of carbonyl (C=O) groups is 3. The highest BCUT2D eigenvalue weighted by Gasteiger charge is 2.19. The van der Waals surface area contributed by atoms with Crippen LogP contribution in [0.15, 0.2) is 97.2 Å². The summed E-state index contributed by atoms with van der Waals surface area (Å²) in [5.74, 6) is -1.06. The lowest BCUT2D eigenvalue weighted by Crippen LogP contribution is -2.30. The Labute approximate surface area is 477 Å². The Kier molecular flexibility index (Phi) is 61.8. The fourth-order valence-electron chi connectivity index (χ4n) is 9.19. The molecule has 0 fully saturated rings. The number of hydrogen-bond acceptors (Lipinski definition) is 6. The minimum atomic E-state index is -0.838. The standard InChI is InChI=1S/C71H122O6/c1-4-7-10-13-16-19-22-25-28-29-30-31-32-33-34-35-36-37-38-39-40-41-44-46-49-52-55-58-61-64-70(73)76-67-68(77-71(74)65-62-59-56-53-50-47-43-27-24-21-18-15-12-9-6-3)66-75-69(72)63-60-57-54-51-48-45-42-26-23-20-17-14-11-8-5-2/h9,12,17-18,20-21,26-27,29-30,42-43,50,53,59,62,68H,4-8,10-11,13-16,19,22-25,28,31-41,44-49,51-52,54-58,60-61,63-67H2,1-3H3/b12-9-,20-17-,21-18-,30-29-,42-26-,43-27-,53-50-,62-59-. The third-order valence-corrected chi connectivity index (χ3v) is 14.1. The van der Waals surface area contributed by atoms with Crippen molar-refractivity contribution in [2.24, 2.45) is 0 Å². The lowest BCUT2D eigenvalue weighted by Gasteiger charge is -2.18. The van der Waals surface area contributed by atoms with Crippen molar-refractivity contribution in [3.05, 3.63) is 97.2 Å². The highest BCUT2D eigenvalue weighted by molar-refractivity contribution is 5.72. The summed E-state index contributed by atoms with van der Waals surface area (Å²) in [5, 5.41) is 0. The Bertz CT molecular complexity index is 1510. The van der Waals surface area contributed by atoms with E-state index in [1.165, 1.54) is 180 Å². The molecule has 0 N–H and O–H groups in total. The molecule has 6 nitrogen and oxygen atoms in total. The van der Waals surface area contributed by atoms with Crippen molar-refractivity contribution in [2.75, 3.05) is 13.2 Å². The van der Waals surface area contributed by atoms with Crippen molar-refractivity contribution in [1.29, 1.82) is 0 Å². The van der Waals surface area contributed by atoms with Gasteiger partial charge in [-0.15, -0.1) is 0 Å². The Hall–Kier alpha value is -3.67. The third-order valence-electron chi connectivity index (χ3n) is 14.1. The van der Waals surface area contributed by atoms with Crippen molar-refractivity contribution in [3.8, 4) is 0 Å². The lowest BCUT2D eigenvalue weighted by atomic mass is 10.0. The molecular formula is C71H122O6. The fraction of sp³-hybridized carbons (Fsp3) is 0.732. The van der Waals surface area contributed by atoms with E-state index < -0.39 is 12.1 Å². The normalized spacial score (nSPS) is 12.7. The molecule has 0 aliphatic heterocycles. The Morgan fingerprint density at radius 1 is 0.286 bits per heavy atom. The van der Waals surface area contributed by atoms with E-state index in [2.05, 4.69) is 106 Å². The van der Waals surface area contributed by atoms with Crippen LogP contribution in [0.3, 0.4) is 0 Å². The van der Waals surface area contributed by atoms with E-state index in [1.807, 2.05) is 6.08 Å². The number of allylic oxidation sites excluding steroid dienone is 15. The molecule has 0 aliphatic rings. The van der Waals surface area contributed by atoms with Gasteiger partial charge in [-0.2, -0.15) is 0 Å². The molecule has 0 saturated heterocycles. The number of ether oxygens (including phenoxy) is 3. The second-order valence-corrected chi connectivity index (χ2v) is 21.7. The lowest BCUT2D eigenvalue weighted by molar-refractivity contribution is -0.166. The SMILES string of the molecule is CC/C=C\C/C=C\C/C=C\C/C=C\C/C=C\CC(=O)OC(COC(=O)CCCCCCC/C=C\C/C=C\CCCCC)COC(=O)CCCCCCCCCCCCCCCCCCC/C=C\CCCCCCCCCC. The molecule has 0 saturated carbocycles. The van der Waals surface area contributed by atoms with Crippen LogP contribution in [0.25, 0.3) is 0 Å². The Morgan fingerprint density at radius 3 is 0.896 bits per heavy atom. The van der Waals surface area contributed by atoms with Gasteiger partial charge in [-0.1, -0.05) is 291 Å². The van der Waals surface area contributed by atoms with Crippen molar-refractivity contribution in [3.63, 3.8) is 0 Å². The van der Waals surface area contributed by atoms with Crippen molar-refractivity contribution >= 4 is 17.9 Å². The zero-order valence-electron chi connectivity index (χ0n) is 50.7. The predicted molar refractivity (Wildman–Crippen MR) is 334 cm³/mol. The molecule has 0 spiro atoms. The number of hydrogen-bond donors (Lipinski definition) is 0. The summed E-state index contributed by atoms with van der Waals surface area (Å²) in [4.78, 5) is 38.2. The highest BCUT2D eigenvalue weighted by Crippen LogP contribution is 2.17. The topological polar surface area (TPSA) is 78.9 Å². The van der Waals surface area contributed by atoms with Crippen LogP contribution in [0.4, 0.5) is 0 Å². The number of rotatable bonds is 59. The predicted octanol–water partition coefficient (Wildman–Crippen LogP) is 22.4. The molecule has 0 heterocycles. The van der Waals surface area contributed by atoms with Crippen LogP contribution in [0.5, 0.6) is 0 Å². The average Bonchev–Trinajstić information content (AvgIpc) is 3.43. The monoisotopic (exact) mass is 1070 g/mol. The zero-order valence-corrected chi connectivity index (χ0v) is 50.7. The van der Waals surface area contributed by atoms with Crippen LogP contribution < -0.4 is 0 Å². The van der Waals surface area contributed by atoms with Gasteiger partial charge in [0.05, 0.1) is 6.42 Å². The van der Waals surface area contributed by atoms with Gasteiger partial charge in [0.1, 0.15) is 13.2 Å². The molecule has 0 amide bonds. The van der Waals surface area contributed by atoms with Gasteiger partial charge >= 0.3 is 17.9 Å². The first-order valence-corrected chi connectivity index (χ1v) is 32.7. The average molecular weight is 1070 g/mol. The van der Waals surface area contributed by atoms with Crippen LogP contribution in [-0.2, 0) is 28.6 Å². The van der Waals surface area contributed by atoms with Gasteiger partial charge in [0.25, 0.3) is 0 Å². The van der Waals surface area contributed by atoms with Crippen LogP contribution in [0.1, 0.15) is 316 Å². The van der Waals surface area contributed by atoms with Crippen molar-refractivity contribution in [2.45, 2.75) is 322 Å². The smallest absolute Gasteiger partial charge is 0.310 e. The summed E-state index contributed by atoms with van der Waals surface area (Å²) < 4.78 is 16.8. The van der Waals surface area contributed by atoms with Gasteiger partial charge in [-0.05, 0) is 103 Å². The summed E-state index contributed by atoms with van der Waals surface area (Å²) in [6.45, 7) is 6.43. The summed E-state index contributed by atoms with van der Waals surface area (Å²) in [7, 11) is 0. The number of carbonyl (C=O) groups excluding carboxylic acids is 3. The van der Waals surface area contributed by atoms with E-state index in [-0.39, 0.29) is 31.6 Å². The van der Waals surface area contributed by atoms with E-state index in [0.717, 1.165) is 96.3 Å². The van der Waals surface area contributed by atoms with Crippen molar-refractivity contribution < 1.29 is 28.6 Å². The molecule has 1 atom stereocenters. The van der Waals surface area contributed by atoms with Gasteiger partial charge in [0.2, 0.25) is 0 Å². The van der Waals surface area contributed by atoms with Crippen LogP contribution >= 0.6 is 0 Å². The maximum Gasteiger partial charge on any atom is 0.310 e. The quantitative estimate of drug-likeness (QED) is 0.0261. The fourth-order valence-corrected chi connectivity index (χ4v) is 9.19. The molecule has 0 aromatic heterocycles. The van der Waals surface area contributed by atoms with Crippen molar-refractivity contribution in [1.82, 2.24) is 0 Å². The van der Waals surface area contributed by atoms with E-state index in [9.17, 15) is 14.4 Å². The molecule has 6 heteroatoms. The first-order valence-electron chi connectivity index (χ1n) is 32.7. The largest absolute Gasteiger partial charge is 0.462 e. The van der Waals surface area contributed by atoms with Gasteiger partial charge in [-0.25, -0.2) is 0 Å². The summed E-state index contributed by atoms with van der Waals surface area (Å²) >= 11 is 0. The molecule has 442 valence electrons. The first kappa shape index (κ1) is 73.3. The van der Waals surface area contributed by atoms with Gasteiger partial charge in [0, 0.05) is 12.8 Å². The van der Waals surface area contributed by atoms with Crippen LogP contribution in [0, 0.1) is 0 Å². The maximum absolute atomic E-state index is 12.8. The molecule has 0 bridgehead atoms. The van der Waals surface area contributed by atoms with E-state index in [1.54, 1.807) is 6.08 Å². The van der Waals surface area contributed by atoms with Crippen LogP contribution in [0.2, 0.25) is 0 Å². The first-order chi connectivity index (χ1) is 38.0. The molecule has 0 aromatic rings. The summed E-state index contributed by atoms with van der Waals surface area (Å²) in [5.41, 5.74) is 0. The second kappa shape index (κ2) is 64.9. The van der Waals surface area contributed by atoms with E-state index in [0.29, 0.717) is 12.8 Å². The maximum atomic E-state index is 12.8. The molecule has 0 radical (unpaired) electrons. The molecule has 1 unspecified atom stereocenters. The Morgan fingerprint density at radius 2 is 0.545 bits per heavy atom. The molecular weight excluding hydrogens is 949 g/mol. The number of esters is 3.